The molecular weight excluding hydrogens is 551 g/mol. The molecule has 7 rings (SSSR count). The number of pyridine rings is 1. The third-order valence-electron chi connectivity index (χ3n) is 8.12. The SMILES string of the molecule is Cc1nnn(C(c2ccccc2)C2CCN(C(=O)c3cc(-c4nc5cc(NC(=O)[C@@H]6C[C@@H]6F)ccc5o4)ccn3)CC2)n1. The van der Waals surface area contributed by atoms with Crippen LogP contribution in [-0.2, 0) is 4.79 Å². The minimum atomic E-state index is -1.06. The molecule has 2 amide bonds. The molecule has 5 aromatic rings. The summed E-state index contributed by atoms with van der Waals surface area (Å²) >= 11 is 0. The van der Waals surface area contributed by atoms with Crippen molar-refractivity contribution in [3.05, 3.63) is 83.9 Å². The molecule has 12 heteroatoms. The highest BCUT2D eigenvalue weighted by Crippen LogP contribution is 2.36. The minimum absolute atomic E-state index is 0.0663. The van der Waals surface area contributed by atoms with Crippen LogP contribution in [0.1, 0.15) is 47.2 Å². The van der Waals surface area contributed by atoms with Gasteiger partial charge in [-0.1, -0.05) is 30.3 Å². The molecule has 4 heterocycles. The van der Waals surface area contributed by atoms with Crippen LogP contribution in [0.4, 0.5) is 10.1 Å². The number of hydrogen-bond acceptors (Lipinski definition) is 8. The maximum absolute atomic E-state index is 13.5. The Morgan fingerprint density at radius 3 is 2.58 bits per heavy atom. The Bertz CT molecular complexity index is 1800. The van der Waals surface area contributed by atoms with Gasteiger partial charge in [0.05, 0.1) is 5.92 Å². The Hall–Kier alpha value is -5.00. The second kappa shape index (κ2) is 11.0. The number of alkyl halides is 1. The first-order valence-corrected chi connectivity index (χ1v) is 14.4. The summed E-state index contributed by atoms with van der Waals surface area (Å²) in [5.74, 6) is 0.117. The first-order chi connectivity index (χ1) is 20.9. The van der Waals surface area contributed by atoms with E-state index in [4.69, 9.17) is 4.42 Å². The number of carbonyl (C=O) groups is 2. The number of hydrogen-bond donors (Lipinski definition) is 1. The summed E-state index contributed by atoms with van der Waals surface area (Å²) in [5, 5.41) is 15.6. The van der Waals surface area contributed by atoms with Crippen molar-refractivity contribution in [2.75, 3.05) is 18.4 Å². The minimum Gasteiger partial charge on any atom is -0.436 e. The van der Waals surface area contributed by atoms with Crippen LogP contribution < -0.4 is 5.32 Å². The molecule has 0 bridgehead atoms. The van der Waals surface area contributed by atoms with Gasteiger partial charge in [-0.25, -0.2) is 9.37 Å². The van der Waals surface area contributed by atoms with E-state index in [1.54, 1.807) is 41.3 Å². The van der Waals surface area contributed by atoms with Crippen LogP contribution in [0.15, 0.2) is 71.3 Å². The fraction of sp³-hybridized carbons (Fsp3) is 0.323. The van der Waals surface area contributed by atoms with Crippen LogP contribution >= 0.6 is 0 Å². The van der Waals surface area contributed by atoms with Gasteiger partial charge in [0.2, 0.25) is 11.8 Å². The number of halogens is 1. The largest absolute Gasteiger partial charge is 0.436 e. The number of piperidine rings is 1. The molecule has 1 saturated carbocycles. The second-order valence-electron chi connectivity index (χ2n) is 11.1. The van der Waals surface area contributed by atoms with E-state index in [1.165, 1.54) is 0 Å². The normalized spacial score (nSPS) is 19.3. The summed E-state index contributed by atoms with van der Waals surface area (Å²) in [5.41, 5.74) is 3.63. The zero-order valence-electron chi connectivity index (χ0n) is 23.4. The number of oxazole rings is 1. The number of benzene rings is 2. The van der Waals surface area contributed by atoms with Gasteiger partial charge >= 0.3 is 0 Å². The maximum Gasteiger partial charge on any atom is 0.272 e. The Morgan fingerprint density at radius 1 is 1.07 bits per heavy atom. The van der Waals surface area contributed by atoms with E-state index < -0.39 is 12.1 Å². The van der Waals surface area contributed by atoms with Crippen molar-refractivity contribution in [2.45, 2.75) is 38.4 Å². The fourth-order valence-corrected chi connectivity index (χ4v) is 5.72. The van der Waals surface area contributed by atoms with Gasteiger partial charge in [-0.3, -0.25) is 14.6 Å². The molecule has 0 spiro atoms. The van der Waals surface area contributed by atoms with E-state index in [-0.39, 0.29) is 30.2 Å². The standard InChI is InChI=1S/C31H29FN8O3/c1-18-36-38-40(37-18)28(19-5-3-2-4-6-19)20-10-13-39(14-11-20)31(42)26-15-21(9-12-33-26)30-35-25-16-22(7-8-27(25)43-30)34-29(41)23-17-24(23)32/h2-9,12,15-16,20,23-24,28H,10-11,13-14,17H2,1H3,(H,34,41)/t23-,24+,28?/m1/s1. The number of rotatable bonds is 7. The van der Waals surface area contributed by atoms with Crippen LogP contribution in [-0.4, -0.2) is 66.2 Å². The van der Waals surface area contributed by atoms with Gasteiger partial charge in [0.15, 0.2) is 11.4 Å². The van der Waals surface area contributed by atoms with Gasteiger partial charge in [0.1, 0.15) is 23.4 Å². The molecule has 43 heavy (non-hydrogen) atoms. The molecule has 3 atom stereocenters. The average molecular weight is 581 g/mol. The number of carbonyl (C=O) groups excluding carboxylic acids is 2. The summed E-state index contributed by atoms with van der Waals surface area (Å²) in [6, 6.07) is 18.6. The summed E-state index contributed by atoms with van der Waals surface area (Å²) in [6.45, 7) is 2.98. The predicted octanol–water partition coefficient (Wildman–Crippen LogP) is 4.62. The van der Waals surface area contributed by atoms with Gasteiger partial charge < -0.3 is 14.6 Å². The number of likely N-dealkylation sites (tertiary alicyclic amines) is 1. The number of aromatic nitrogens is 6. The zero-order chi connectivity index (χ0) is 29.5. The lowest BCUT2D eigenvalue weighted by atomic mass is 9.85. The van der Waals surface area contributed by atoms with Crippen LogP contribution in [0.5, 0.6) is 0 Å². The number of anilines is 1. The van der Waals surface area contributed by atoms with Crippen LogP contribution in [0.2, 0.25) is 0 Å². The van der Waals surface area contributed by atoms with E-state index >= 15 is 0 Å². The molecule has 1 N–H and O–H groups in total. The second-order valence-corrected chi connectivity index (χ2v) is 11.1. The number of nitrogens with one attached hydrogen (secondary N) is 1. The number of tetrazole rings is 1. The summed E-state index contributed by atoms with van der Waals surface area (Å²) in [7, 11) is 0. The molecule has 0 radical (unpaired) electrons. The highest BCUT2D eigenvalue weighted by atomic mass is 19.1. The van der Waals surface area contributed by atoms with Crippen molar-refractivity contribution < 1.29 is 18.4 Å². The lowest BCUT2D eigenvalue weighted by Gasteiger charge is -2.35. The van der Waals surface area contributed by atoms with Gasteiger partial charge in [-0.05, 0) is 73.2 Å². The van der Waals surface area contributed by atoms with E-state index in [2.05, 4.69) is 42.8 Å². The van der Waals surface area contributed by atoms with E-state index in [0.717, 1.165) is 18.4 Å². The highest BCUT2D eigenvalue weighted by molar-refractivity contribution is 5.96. The summed E-state index contributed by atoms with van der Waals surface area (Å²) < 4.78 is 19.2. The molecule has 218 valence electrons. The molecule has 1 aliphatic carbocycles. The summed E-state index contributed by atoms with van der Waals surface area (Å²) in [6.07, 6.45) is 2.33. The molecule has 2 aromatic carbocycles. The molecule has 2 fully saturated rings. The third-order valence-corrected chi connectivity index (χ3v) is 8.12. The van der Waals surface area contributed by atoms with Crippen LogP contribution in [0.3, 0.4) is 0 Å². The molecule has 1 unspecified atom stereocenters. The molecular formula is C31H29FN8O3. The van der Waals surface area contributed by atoms with Crippen LogP contribution in [0, 0.1) is 18.8 Å². The highest BCUT2D eigenvalue weighted by Gasteiger charge is 2.43. The number of aryl methyl sites for hydroxylation is 1. The lowest BCUT2D eigenvalue weighted by molar-refractivity contribution is -0.117. The van der Waals surface area contributed by atoms with Crippen LogP contribution in [0.25, 0.3) is 22.6 Å². The molecule has 1 saturated heterocycles. The number of amides is 2. The first kappa shape index (κ1) is 26.9. The van der Waals surface area contributed by atoms with E-state index in [9.17, 15) is 14.0 Å². The fourth-order valence-electron chi connectivity index (χ4n) is 5.72. The molecule has 1 aliphatic heterocycles. The van der Waals surface area contributed by atoms with Crippen molar-refractivity contribution in [3.8, 4) is 11.5 Å². The first-order valence-electron chi connectivity index (χ1n) is 14.4. The zero-order valence-corrected chi connectivity index (χ0v) is 23.4. The number of nitrogens with zero attached hydrogens (tertiary/aromatic N) is 7. The molecule has 2 aliphatic rings. The molecule has 3 aromatic heterocycles. The van der Waals surface area contributed by atoms with Gasteiger partial charge in [-0.2, -0.15) is 4.80 Å². The van der Waals surface area contributed by atoms with Crippen molar-refractivity contribution >= 4 is 28.6 Å². The van der Waals surface area contributed by atoms with E-state index in [1.807, 2.05) is 30.0 Å². The molecule has 11 nitrogen and oxygen atoms in total. The summed E-state index contributed by atoms with van der Waals surface area (Å²) in [4.78, 5) is 38.1. The Balaban J connectivity index is 1.05. The third kappa shape index (κ3) is 5.47. The number of fused-ring (bicyclic) bond motifs is 1. The van der Waals surface area contributed by atoms with Crippen molar-refractivity contribution in [1.82, 2.24) is 35.1 Å². The maximum atomic E-state index is 13.5. The monoisotopic (exact) mass is 580 g/mol. The van der Waals surface area contributed by atoms with Gasteiger partial charge in [0.25, 0.3) is 5.91 Å². The average Bonchev–Trinajstić information content (AvgIpc) is 3.39. The van der Waals surface area contributed by atoms with Crippen molar-refractivity contribution in [1.29, 1.82) is 0 Å². The van der Waals surface area contributed by atoms with E-state index in [0.29, 0.717) is 52.8 Å². The Kier molecular flexibility index (Phi) is 6.88. The Labute approximate surface area is 246 Å². The topological polar surface area (TPSA) is 132 Å². The van der Waals surface area contributed by atoms with Crippen molar-refractivity contribution in [2.24, 2.45) is 11.8 Å². The lowest BCUT2D eigenvalue weighted by Crippen LogP contribution is -2.41. The quantitative estimate of drug-likeness (QED) is 0.295. The van der Waals surface area contributed by atoms with Crippen molar-refractivity contribution in [3.63, 3.8) is 0 Å². The predicted molar refractivity (Wildman–Crippen MR) is 155 cm³/mol. The smallest absolute Gasteiger partial charge is 0.272 e. The van der Waals surface area contributed by atoms with Gasteiger partial charge in [0, 0.05) is 30.5 Å². The Morgan fingerprint density at radius 2 is 1.86 bits per heavy atom. The van der Waals surface area contributed by atoms with Gasteiger partial charge in [-0.15, -0.1) is 10.2 Å².